The highest BCUT2D eigenvalue weighted by molar-refractivity contribution is 6.79. The number of hydrogen-bond acceptors (Lipinski definition) is 2. The Morgan fingerprint density at radius 3 is 1.74 bits per heavy atom. The van der Waals surface area contributed by atoms with Crippen molar-refractivity contribution < 1.29 is 4.74 Å². The summed E-state index contributed by atoms with van der Waals surface area (Å²) >= 11 is 0. The summed E-state index contributed by atoms with van der Waals surface area (Å²) in [7, 11) is -1.24. The van der Waals surface area contributed by atoms with E-state index in [0.717, 1.165) is 23.1 Å². The van der Waals surface area contributed by atoms with Crippen LogP contribution < -0.4 is 4.74 Å². The lowest BCUT2D eigenvalue weighted by atomic mass is 10.0. The van der Waals surface area contributed by atoms with E-state index in [1.54, 1.807) is 0 Å². The van der Waals surface area contributed by atoms with Crippen LogP contribution in [-0.4, -0.2) is 14.3 Å². The van der Waals surface area contributed by atoms with Crippen LogP contribution in [0.1, 0.15) is 26.3 Å². The summed E-state index contributed by atoms with van der Waals surface area (Å²) in [5, 5.41) is 8.86. The Hall–Kier alpha value is -2.05. The van der Waals surface area contributed by atoms with Gasteiger partial charge in [-0.2, -0.15) is 5.26 Å². The van der Waals surface area contributed by atoms with Crippen molar-refractivity contribution in [3.8, 4) is 22.9 Å². The molecule has 2 nitrogen and oxygen atoms in total. The fraction of sp³-hybridized carbons (Fsp3) is 0.350. The van der Waals surface area contributed by atoms with Crippen molar-refractivity contribution in [1.82, 2.24) is 0 Å². The molecule has 23 heavy (non-hydrogen) atoms. The van der Waals surface area contributed by atoms with Crippen LogP contribution >= 0.6 is 0 Å². The fourth-order valence-corrected chi connectivity index (χ4v) is 5.36. The summed E-state index contributed by atoms with van der Waals surface area (Å²) in [6.07, 6.45) is 0.909. The lowest BCUT2D eigenvalue weighted by Crippen LogP contribution is -2.39. The molecule has 0 saturated carbocycles. The third-order valence-corrected chi connectivity index (χ3v) is 10.3. The van der Waals surface area contributed by atoms with Gasteiger partial charge in [0.1, 0.15) is 5.75 Å². The maximum absolute atomic E-state index is 8.86. The minimum absolute atomic E-state index is 0.689. The number of benzene rings is 2. The Labute approximate surface area is 140 Å². The number of hydrogen-bond donors (Lipinski definition) is 0. The lowest BCUT2D eigenvalue weighted by molar-refractivity contribution is 0.375. The monoisotopic (exact) mass is 323 g/mol. The molecular weight excluding hydrogens is 298 g/mol. The van der Waals surface area contributed by atoms with Crippen LogP contribution in [-0.2, 0) is 0 Å². The Kier molecular flexibility index (Phi) is 6.01. The molecule has 2 rings (SSSR count). The van der Waals surface area contributed by atoms with Crippen molar-refractivity contribution in [2.45, 2.75) is 38.9 Å². The topological polar surface area (TPSA) is 33.0 Å². The number of nitriles is 1. The number of ether oxygens (including phenoxy) is 1. The molecule has 120 valence electrons. The van der Waals surface area contributed by atoms with E-state index >= 15 is 0 Å². The van der Waals surface area contributed by atoms with Gasteiger partial charge in [-0.1, -0.05) is 63.2 Å². The smallest absolute Gasteiger partial charge is 0.118 e. The second-order valence-electron chi connectivity index (χ2n) is 6.06. The molecule has 0 aliphatic carbocycles. The van der Waals surface area contributed by atoms with Crippen molar-refractivity contribution in [1.29, 1.82) is 5.26 Å². The van der Waals surface area contributed by atoms with Crippen molar-refractivity contribution in [2.24, 2.45) is 0 Å². The van der Waals surface area contributed by atoms with Gasteiger partial charge < -0.3 is 4.74 Å². The molecule has 2 aromatic carbocycles. The Balaban J connectivity index is 2.06. The van der Waals surface area contributed by atoms with Gasteiger partial charge in [0.05, 0.1) is 25.9 Å². The molecular formula is C20H25NOSi. The van der Waals surface area contributed by atoms with E-state index in [2.05, 4.69) is 39.0 Å². The molecule has 0 N–H and O–H groups in total. The van der Waals surface area contributed by atoms with Gasteiger partial charge in [0.2, 0.25) is 0 Å². The van der Waals surface area contributed by atoms with Gasteiger partial charge in [-0.25, -0.2) is 0 Å². The summed E-state index contributed by atoms with van der Waals surface area (Å²) in [6.45, 7) is 6.91. The van der Waals surface area contributed by atoms with E-state index in [-0.39, 0.29) is 0 Å². The molecule has 0 saturated heterocycles. The average Bonchev–Trinajstić information content (AvgIpc) is 2.64. The van der Waals surface area contributed by atoms with E-state index in [9.17, 15) is 0 Å². The molecule has 0 aliphatic heterocycles. The molecule has 0 aromatic heterocycles. The van der Waals surface area contributed by atoms with Gasteiger partial charge >= 0.3 is 0 Å². The Morgan fingerprint density at radius 2 is 1.30 bits per heavy atom. The molecule has 0 radical (unpaired) electrons. The van der Waals surface area contributed by atoms with E-state index in [1.807, 2.05) is 36.4 Å². The zero-order valence-electron chi connectivity index (χ0n) is 14.3. The molecule has 0 aliphatic rings. The highest BCUT2D eigenvalue weighted by Crippen LogP contribution is 2.25. The van der Waals surface area contributed by atoms with Gasteiger partial charge in [0, 0.05) is 0 Å². The first-order valence-corrected chi connectivity index (χ1v) is 11.2. The third kappa shape index (κ3) is 4.24. The lowest BCUT2D eigenvalue weighted by Gasteiger charge is -2.27. The summed E-state index contributed by atoms with van der Waals surface area (Å²) in [5.41, 5.74) is 2.95. The quantitative estimate of drug-likeness (QED) is 0.617. The van der Waals surface area contributed by atoms with Gasteiger partial charge in [-0.05, 0) is 35.4 Å². The molecule has 0 unspecified atom stereocenters. The molecule has 0 spiro atoms. The predicted octanol–water partition coefficient (Wildman–Crippen LogP) is 5.65. The number of rotatable bonds is 7. The molecule has 0 amide bonds. The van der Waals surface area contributed by atoms with Crippen LogP contribution in [0.2, 0.25) is 18.1 Å². The summed E-state index contributed by atoms with van der Waals surface area (Å²) in [6, 6.07) is 21.9. The van der Waals surface area contributed by atoms with Gasteiger partial charge in [-0.15, -0.1) is 0 Å². The third-order valence-electron chi connectivity index (χ3n) is 5.00. The van der Waals surface area contributed by atoms with Crippen molar-refractivity contribution in [2.75, 3.05) is 6.23 Å². The molecule has 2 aromatic rings. The molecule has 0 bridgehead atoms. The largest absolute Gasteiger partial charge is 0.497 e. The van der Waals surface area contributed by atoms with Gasteiger partial charge in [-0.3, -0.25) is 0 Å². The standard InChI is InChI=1S/C20H25NOSi/c1-4-23(5-2,6-3)16-22-20-13-11-19(12-14-20)18-9-7-17(15-21)8-10-18/h7-14H,4-6,16H2,1-3H3. The zero-order chi connectivity index (χ0) is 16.7. The van der Waals surface area contributed by atoms with Crippen LogP contribution in [0.4, 0.5) is 0 Å². The minimum Gasteiger partial charge on any atom is -0.497 e. The van der Waals surface area contributed by atoms with Crippen LogP contribution in [0.25, 0.3) is 11.1 Å². The first-order chi connectivity index (χ1) is 11.2. The van der Waals surface area contributed by atoms with Crippen molar-refractivity contribution >= 4 is 8.07 Å². The van der Waals surface area contributed by atoms with E-state index < -0.39 is 8.07 Å². The SMILES string of the molecule is CC[Si](CC)(CC)COc1ccc(-c2ccc(C#N)cc2)cc1. The summed E-state index contributed by atoms with van der Waals surface area (Å²) in [5.74, 6) is 0.953. The zero-order valence-corrected chi connectivity index (χ0v) is 15.3. The van der Waals surface area contributed by atoms with Crippen LogP contribution in [0.15, 0.2) is 48.5 Å². The maximum Gasteiger partial charge on any atom is 0.118 e. The van der Waals surface area contributed by atoms with E-state index in [4.69, 9.17) is 10.00 Å². The first kappa shape index (κ1) is 17.3. The Morgan fingerprint density at radius 1 is 0.826 bits per heavy atom. The summed E-state index contributed by atoms with van der Waals surface area (Å²) in [4.78, 5) is 0. The molecule has 0 fully saturated rings. The van der Waals surface area contributed by atoms with E-state index in [1.165, 1.54) is 18.1 Å². The highest BCUT2D eigenvalue weighted by Gasteiger charge is 2.27. The number of nitrogens with zero attached hydrogens (tertiary/aromatic N) is 1. The summed E-state index contributed by atoms with van der Waals surface area (Å²) < 4.78 is 6.09. The first-order valence-electron chi connectivity index (χ1n) is 8.39. The Bertz CT molecular complexity index is 643. The van der Waals surface area contributed by atoms with Crippen LogP contribution in [0, 0.1) is 11.3 Å². The predicted molar refractivity (Wildman–Crippen MR) is 99.3 cm³/mol. The normalized spacial score (nSPS) is 11.0. The molecule has 0 atom stereocenters. The van der Waals surface area contributed by atoms with Gasteiger partial charge in [0.15, 0.2) is 0 Å². The van der Waals surface area contributed by atoms with Crippen molar-refractivity contribution in [3.05, 3.63) is 54.1 Å². The minimum atomic E-state index is -1.24. The van der Waals surface area contributed by atoms with Crippen molar-refractivity contribution in [3.63, 3.8) is 0 Å². The highest BCUT2D eigenvalue weighted by atomic mass is 28.3. The molecule has 0 heterocycles. The maximum atomic E-state index is 8.86. The van der Waals surface area contributed by atoms with Gasteiger partial charge in [0.25, 0.3) is 0 Å². The van der Waals surface area contributed by atoms with Crippen LogP contribution in [0.5, 0.6) is 5.75 Å². The fourth-order valence-electron chi connectivity index (χ4n) is 2.77. The second-order valence-corrected chi connectivity index (χ2v) is 11.5. The van der Waals surface area contributed by atoms with E-state index in [0.29, 0.717) is 5.56 Å². The van der Waals surface area contributed by atoms with Crippen LogP contribution in [0.3, 0.4) is 0 Å². The average molecular weight is 324 g/mol. The molecule has 3 heteroatoms. The second kappa shape index (κ2) is 7.98.